The fourth-order valence-electron chi connectivity index (χ4n) is 5.91. The molecular weight excluding hydrogens is 371 g/mol. The van der Waals surface area contributed by atoms with E-state index in [4.69, 9.17) is 4.74 Å². The van der Waals surface area contributed by atoms with Gasteiger partial charge in [0.1, 0.15) is 11.9 Å². The molecule has 0 radical (unpaired) electrons. The molecule has 1 saturated heterocycles. The zero-order valence-electron chi connectivity index (χ0n) is 19.2. The van der Waals surface area contributed by atoms with Gasteiger partial charge < -0.3 is 4.74 Å². The van der Waals surface area contributed by atoms with Gasteiger partial charge in [0, 0.05) is 5.56 Å². The number of hydrogen-bond acceptors (Lipinski definition) is 1. The van der Waals surface area contributed by atoms with Crippen molar-refractivity contribution in [2.24, 2.45) is 23.7 Å². The van der Waals surface area contributed by atoms with Crippen LogP contribution in [0.1, 0.15) is 100 Å². The molecule has 166 valence electrons. The second-order valence-corrected chi connectivity index (χ2v) is 10.4. The average molecular weight is 413 g/mol. The Morgan fingerprint density at radius 3 is 2.00 bits per heavy atom. The third-order valence-electron chi connectivity index (χ3n) is 8.09. The van der Waals surface area contributed by atoms with Crippen molar-refractivity contribution in [3.8, 4) is 0 Å². The van der Waals surface area contributed by atoms with E-state index in [0.29, 0.717) is 6.61 Å². The molecule has 1 atom stereocenters. The number of rotatable bonds is 8. The summed E-state index contributed by atoms with van der Waals surface area (Å²) >= 11 is 0. The Balaban J connectivity index is 1.18. The number of hydrogen-bond donors (Lipinski definition) is 0. The van der Waals surface area contributed by atoms with Gasteiger partial charge in [0.25, 0.3) is 0 Å². The van der Waals surface area contributed by atoms with E-state index < -0.39 is 0 Å². The minimum Gasteiger partial charge on any atom is -0.368 e. The maximum absolute atomic E-state index is 14.3. The Morgan fingerprint density at radius 1 is 0.900 bits per heavy atom. The van der Waals surface area contributed by atoms with Crippen molar-refractivity contribution >= 4 is 0 Å². The molecular formula is C28H41FO. The fourth-order valence-corrected chi connectivity index (χ4v) is 5.91. The van der Waals surface area contributed by atoms with Gasteiger partial charge in [-0.25, -0.2) is 4.39 Å². The van der Waals surface area contributed by atoms with Crippen molar-refractivity contribution < 1.29 is 9.13 Å². The summed E-state index contributed by atoms with van der Waals surface area (Å²) in [6.45, 7) is 5.12. The van der Waals surface area contributed by atoms with E-state index in [2.05, 4.69) is 26.0 Å². The van der Waals surface area contributed by atoms with Crippen molar-refractivity contribution in [2.45, 2.75) is 97.0 Å². The van der Waals surface area contributed by atoms with Crippen molar-refractivity contribution in [2.75, 3.05) is 6.61 Å². The molecule has 0 N–H and O–H groups in total. The second kappa shape index (κ2) is 10.4. The molecule has 0 bridgehead atoms. The molecule has 4 rings (SSSR count). The maximum Gasteiger partial charge on any atom is 0.129 e. The van der Waals surface area contributed by atoms with Crippen LogP contribution < -0.4 is 0 Å². The van der Waals surface area contributed by atoms with Gasteiger partial charge in [-0.3, -0.25) is 0 Å². The number of ether oxygens (including phenoxy) is 1. The van der Waals surface area contributed by atoms with E-state index in [0.717, 1.165) is 35.7 Å². The van der Waals surface area contributed by atoms with E-state index in [1.165, 1.54) is 81.8 Å². The lowest BCUT2D eigenvalue weighted by Gasteiger charge is -2.29. The smallest absolute Gasteiger partial charge is 0.129 e. The molecule has 0 amide bonds. The Bertz CT molecular complexity index is 704. The topological polar surface area (TPSA) is 12.5 Å². The van der Waals surface area contributed by atoms with Gasteiger partial charge in [-0.1, -0.05) is 38.0 Å². The maximum atomic E-state index is 14.3. The van der Waals surface area contributed by atoms with Gasteiger partial charge in [-0.15, -0.1) is 0 Å². The molecule has 1 aliphatic heterocycles. The molecule has 1 aromatic rings. The summed E-state index contributed by atoms with van der Waals surface area (Å²) < 4.78 is 19.6. The normalized spacial score (nSPS) is 31.9. The molecule has 0 aromatic heterocycles. The van der Waals surface area contributed by atoms with Crippen LogP contribution >= 0.6 is 0 Å². The predicted octanol–water partition coefficient (Wildman–Crippen LogP) is 8.11. The summed E-state index contributed by atoms with van der Waals surface area (Å²) in [6, 6.07) is 3.79. The molecule has 1 nitrogen and oxygen atoms in total. The fraction of sp³-hybridized carbons (Fsp3) is 0.714. The Morgan fingerprint density at radius 2 is 1.47 bits per heavy atom. The Labute approximate surface area is 183 Å². The highest BCUT2D eigenvalue weighted by Crippen LogP contribution is 2.37. The molecule has 1 unspecified atom stereocenters. The van der Waals surface area contributed by atoms with Gasteiger partial charge in [-0.05, 0) is 112 Å². The van der Waals surface area contributed by atoms with Crippen LogP contribution in [0.25, 0.3) is 0 Å². The Kier molecular flexibility index (Phi) is 7.68. The highest BCUT2D eigenvalue weighted by atomic mass is 19.1. The third kappa shape index (κ3) is 5.96. The molecule has 2 heteroatoms. The summed E-state index contributed by atoms with van der Waals surface area (Å²) in [5.74, 6) is 3.39. The van der Waals surface area contributed by atoms with Crippen molar-refractivity contribution in [1.82, 2.24) is 0 Å². The molecule has 3 aliphatic rings. The summed E-state index contributed by atoms with van der Waals surface area (Å²) in [5, 5.41) is 0. The SMILES string of the molecule is CCCC1CCC(/C=C/C2CCC(CCc3cc(F)c(C4CO4)cc3C)CC2)CC1. The van der Waals surface area contributed by atoms with E-state index in [1.54, 1.807) is 6.07 Å². The van der Waals surface area contributed by atoms with Crippen molar-refractivity contribution in [1.29, 1.82) is 0 Å². The van der Waals surface area contributed by atoms with E-state index >= 15 is 0 Å². The molecule has 2 saturated carbocycles. The number of halogens is 1. The summed E-state index contributed by atoms with van der Waals surface area (Å²) in [7, 11) is 0. The first-order chi connectivity index (χ1) is 14.6. The first kappa shape index (κ1) is 22.1. The summed E-state index contributed by atoms with van der Waals surface area (Å²) in [5.41, 5.74) is 3.17. The third-order valence-corrected chi connectivity index (χ3v) is 8.09. The van der Waals surface area contributed by atoms with E-state index in [-0.39, 0.29) is 11.9 Å². The van der Waals surface area contributed by atoms with Crippen LogP contribution in [-0.2, 0) is 11.2 Å². The molecule has 30 heavy (non-hydrogen) atoms. The quantitative estimate of drug-likeness (QED) is 0.310. The van der Waals surface area contributed by atoms with Crippen LogP contribution in [0.15, 0.2) is 24.3 Å². The largest absolute Gasteiger partial charge is 0.368 e. The average Bonchev–Trinajstić information content (AvgIpc) is 3.60. The van der Waals surface area contributed by atoms with Crippen LogP contribution in [0, 0.1) is 36.4 Å². The van der Waals surface area contributed by atoms with Crippen molar-refractivity contribution in [3.63, 3.8) is 0 Å². The zero-order valence-corrected chi connectivity index (χ0v) is 19.2. The van der Waals surface area contributed by atoms with Crippen molar-refractivity contribution in [3.05, 3.63) is 46.8 Å². The number of allylic oxidation sites excluding steroid dienone is 2. The van der Waals surface area contributed by atoms with E-state index in [9.17, 15) is 4.39 Å². The monoisotopic (exact) mass is 412 g/mol. The lowest BCUT2D eigenvalue weighted by atomic mass is 9.77. The molecule has 3 fully saturated rings. The highest BCUT2D eigenvalue weighted by Gasteiger charge is 2.28. The Hall–Kier alpha value is -1.15. The van der Waals surface area contributed by atoms with Gasteiger partial charge in [0.15, 0.2) is 0 Å². The molecule has 0 spiro atoms. The molecule has 2 aliphatic carbocycles. The lowest BCUT2D eigenvalue weighted by Crippen LogP contribution is -2.15. The second-order valence-electron chi connectivity index (χ2n) is 10.4. The van der Waals surface area contributed by atoms with Gasteiger partial charge in [0.2, 0.25) is 0 Å². The van der Waals surface area contributed by atoms with Crippen LogP contribution in [-0.4, -0.2) is 6.61 Å². The summed E-state index contributed by atoms with van der Waals surface area (Å²) in [4.78, 5) is 0. The molecule has 1 aromatic carbocycles. The minimum atomic E-state index is -0.0735. The van der Waals surface area contributed by atoms with Gasteiger partial charge >= 0.3 is 0 Å². The summed E-state index contributed by atoms with van der Waals surface area (Å²) in [6.07, 6.45) is 21.3. The zero-order chi connectivity index (χ0) is 20.9. The molecule has 1 heterocycles. The van der Waals surface area contributed by atoms with Gasteiger partial charge in [-0.2, -0.15) is 0 Å². The number of epoxide rings is 1. The minimum absolute atomic E-state index is 0.00691. The standard InChI is InChI=1S/C28H41FO/c1-3-4-21-5-7-22(8-6-21)9-10-23-11-13-24(14-12-23)15-16-25-18-27(29)26(17-20(25)2)28-19-30-28/h9-10,17-18,21-24,28H,3-8,11-16,19H2,1-2H3/b10-9+. The van der Waals surface area contributed by atoms with Crippen LogP contribution in [0.5, 0.6) is 0 Å². The number of aryl methyl sites for hydroxylation is 2. The predicted molar refractivity (Wildman–Crippen MR) is 123 cm³/mol. The first-order valence-electron chi connectivity index (χ1n) is 12.7. The van der Waals surface area contributed by atoms with Crippen LogP contribution in [0.2, 0.25) is 0 Å². The number of benzene rings is 1. The van der Waals surface area contributed by atoms with E-state index in [1.807, 2.05) is 6.07 Å². The first-order valence-corrected chi connectivity index (χ1v) is 12.7. The van der Waals surface area contributed by atoms with Crippen LogP contribution in [0.4, 0.5) is 4.39 Å². The van der Waals surface area contributed by atoms with Crippen LogP contribution in [0.3, 0.4) is 0 Å². The lowest BCUT2D eigenvalue weighted by molar-refractivity contribution is 0.285. The van der Waals surface area contributed by atoms with Gasteiger partial charge in [0.05, 0.1) is 6.61 Å². The highest BCUT2D eigenvalue weighted by molar-refractivity contribution is 5.35.